The highest BCUT2D eigenvalue weighted by atomic mass is 32.2. The first-order chi connectivity index (χ1) is 9.35. The quantitative estimate of drug-likeness (QED) is 0.822. The minimum absolute atomic E-state index is 0.209. The van der Waals surface area contributed by atoms with Gasteiger partial charge in [-0.05, 0) is 33.8 Å². The van der Waals surface area contributed by atoms with Crippen LogP contribution >= 0.6 is 0 Å². The largest absolute Gasteiger partial charge is 0.497 e. The number of hydrogen-bond donors (Lipinski definition) is 1. The molecule has 2 N–H and O–H groups in total. The molecule has 116 valence electrons. The third kappa shape index (κ3) is 2.83. The lowest BCUT2D eigenvalue weighted by Gasteiger charge is -2.32. The lowest BCUT2D eigenvalue weighted by atomic mass is 9.78. The van der Waals surface area contributed by atoms with E-state index in [-0.39, 0.29) is 5.46 Å². The van der Waals surface area contributed by atoms with E-state index in [1.54, 1.807) is 27.7 Å². The van der Waals surface area contributed by atoms with Gasteiger partial charge in [0.15, 0.2) is 0 Å². The Hall–Kier alpha value is -1.03. The molecule has 0 unspecified atom stereocenters. The van der Waals surface area contributed by atoms with Crippen LogP contribution in [0.2, 0.25) is 0 Å². The van der Waals surface area contributed by atoms with Crippen LogP contribution < -0.4 is 10.6 Å². The molecule has 1 aliphatic heterocycles. The second-order valence-electron chi connectivity index (χ2n) is 5.94. The summed E-state index contributed by atoms with van der Waals surface area (Å²) in [5.41, 5.74) is -1.68. The lowest BCUT2D eigenvalue weighted by Crippen LogP contribution is -2.41. The summed E-state index contributed by atoms with van der Waals surface area (Å²) in [6.45, 7) is 7.04. The number of nitrogens with two attached hydrogens (primary N) is 1. The van der Waals surface area contributed by atoms with Gasteiger partial charge in [-0.2, -0.15) is 0 Å². The van der Waals surface area contributed by atoms with Gasteiger partial charge in [-0.15, -0.1) is 0 Å². The van der Waals surface area contributed by atoms with Crippen LogP contribution in [0.4, 0.5) is 8.78 Å². The standard InChI is InChI=1S/C12H16BF2NO4S/c1-11(2)12(3,4)20-13(19-11)7-5-10(21(16,17)18)9(15)6-8(7)14/h5-6H,1-4H3,(H2,16,17,18). The molecule has 21 heavy (non-hydrogen) atoms. The van der Waals surface area contributed by atoms with E-state index in [2.05, 4.69) is 0 Å². The van der Waals surface area contributed by atoms with Crippen molar-refractivity contribution in [2.45, 2.75) is 43.8 Å². The van der Waals surface area contributed by atoms with E-state index >= 15 is 0 Å². The second-order valence-corrected chi connectivity index (χ2v) is 7.47. The average Bonchev–Trinajstić information content (AvgIpc) is 2.45. The van der Waals surface area contributed by atoms with Crippen LogP contribution in [-0.4, -0.2) is 26.7 Å². The van der Waals surface area contributed by atoms with Crippen molar-refractivity contribution in [2.75, 3.05) is 0 Å². The van der Waals surface area contributed by atoms with Gasteiger partial charge >= 0.3 is 7.12 Å². The van der Waals surface area contributed by atoms with Crippen molar-refractivity contribution in [1.29, 1.82) is 0 Å². The van der Waals surface area contributed by atoms with Crippen LogP contribution in [0.3, 0.4) is 0 Å². The fourth-order valence-corrected chi connectivity index (χ4v) is 2.54. The summed E-state index contributed by atoms with van der Waals surface area (Å²) in [6, 6.07) is 1.27. The zero-order valence-electron chi connectivity index (χ0n) is 12.1. The molecular formula is C12H16BF2NO4S. The Morgan fingerprint density at radius 2 is 1.52 bits per heavy atom. The van der Waals surface area contributed by atoms with E-state index in [1.165, 1.54) is 0 Å². The maximum atomic E-state index is 13.9. The molecule has 0 bridgehead atoms. The van der Waals surface area contributed by atoms with Gasteiger partial charge in [0.25, 0.3) is 0 Å². The summed E-state index contributed by atoms with van der Waals surface area (Å²) < 4.78 is 61.4. The lowest BCUT2D eigenvalue weighted by molar-refractivity contribution is 0.00578. The molecule has 1 aromatic carbocycles. The fraction of sp³-hybridized carbons (Fsp3) is 0.500. The van der Waals surface area contributed by atoms with E-state index in [0.29, 0.717) is 6.07 Å². The van der Waals surface area contributed by atoms with Crippen molar-refractivity contribution in [1.82, 2.24) is 0 Å². The third-order valence-corrected chi connectivity index (χ3v) is 4.79. The molecule has 1 fully saturated rings. The second kappa shape index (κ2) is 4.74. The Balaban J connectivity index is 2.52. The molecule has 1 saturated heterocycles. The Morgan fingerprint density at radius 3 is 1.95 bits per heavy atom. The highest BCUT2D eigenvalue weighted by Gasteiger charge is 2.52. The highest BCUT2D eigenvalue weighted by Crippen LogP contribution is 2.36. The predicted octanol–water partition coefficient (Wildman–Crippen LogP) is 0.911. The molecule has 9 heteroatoms. The summed E-state index contributed by atoms with van der Waals surface area (Å²) in [6.07, 6.45) is 0. The van der Waals surface area contributed by atoms with Crippen LogP contribution in [0.15, 0.2) is 17.0 Å². The molecule has 0 aromatic heterocycles. The minimum Gasteiger partial charge on any atom is -0.399 e. The van der Waals surface area contributed by atoms with Gasteiger partial charge in [-0.1, -0.05) is 0 Å². The van der Waals surface area contributed by atoms with Crippen LogP contribution in [0.25, 0.3) is 0 Å². The molecule has 5 nitrogen and oxygen atoms in total. The maximum Gasteiger partial charge on any atom is 0.497 e. The first-order valence-corrected chi connectivity index (χ1v) is 7.77. The normalized spacial score (nSPS) is 20.8. The van der Waals surface area contributed by atoms with E-state index in [1.807, 2.05) is 0 Å². The molecular weight excluding hydrogens is 303 g/mol. The number of sulfonamides is 1. The predicted molar refractivity (Wildman–Crippen MR) is 73.4 cm³/mol. The van der Waals surface area contributed by atoms with Gasteiger partial charge in [0, 0.05) is 11.5 Å². The number of benzene rings is 1. The van der Waals surface area contributed by atoms with Crippen molar-refractivity contribution in [3.05, 3.63) is 23.8 Å². The van der Waals surface area contributed by atoms with Gasteiger partial charge in [0.05, 0.1) is 11.2 Å². The van der Waals surface area contributed by atoms with Gasteiger partial charge < -0.3 is 9.31 Å². The Bertz CT molecular complexity index is 675. The van der Waals surface area contributed by atoms with Gasteiger partial charge in [0.2, 0.25) is 10.0 Å². The molecule has 1 aromatic rings. The highest BCUT2D eigenvalue weighted by molar-refractivity contribution is 7.89. The number of rotatable bonds is 2. The Kier molecular flexibility index (Phi) is 3.69. The van der Waals surface area contributed by atoms with Crippen molar-refractivity contribution in [3.63, 3.8) is 0 Å². The first-order valence-electron chi connectivity index (χ1n) is 6.22. The zero-order chi connectivity index (χ0) is 16.2. The molecule has 1 aliphatic rings. The van der Waals surface area contributed by atoms with Crippen molar-refractivity contribution >= 4 is 22.6 Å². The third-order valence-electron chi connectivity index (χ3n) is 3.86. The SMILES string of the molecule is CC1(C)OB(c2cc(S(N)(=O)=O)c(F)cc2F)OC1(C)C. The molecule has 1 heterocycles. The van der Waals surface area contributed by atoms with Crippen LogP contribution in [0, 0.1) is 11.6 Å². The number of hydrogen-bond acceptors (Lipinski definition) is 4. The monoisotopic (exact) mass is 319 g/mol. The number of primary sulfonamides is 1. The Labute approximate surface area is 122 Å². The molecule has 0 spiro atoms. The summed E-state index contributed by atoms with van der Waals surface area (Å²) >= 11 is 0. The molecule has 0 atom stereocenters. The van der Waals surface area contributed by atoms with Crippen LogP contribution in [0.1, 0.15) is 27.7 Å². The van der Waals surface area contributed by atoms with Crippen molar-refractivity contribution < 1.29 is 26.5 Å². The summed E-state index contributed by atoms with van der Waals surface area (Å²) in [7, 11) is -5.46. The van der Waals surface area contributed by atoms with Gasteiger partial charge in [-0.25, -0.2) is 22.3 Å². The molecule has 0 saturated carbocycles. The van der Waals surface area contributed by atoms with E-state index in [9.17, 15) is 17.2 Å². The van der Waals surface area contributed by atoms with Gasteiger partial charge in [-0.3, -0.25) is 0 Å². The molecule has 0 amide bonds. The summed E-state index contributed by atoms with van der Waals surface area (Å²) in [5.74, 6) is -2.21. The summed E-state index contributed by atoms with van der Waals surface area (Å²) in [5, 5.41) is 4.91. The van der Waals surface area contributed by atoms with Crippen LogP contribution in [0.5, 0.6) is 0 Å². The molecule has 0 radical (unpaired) electrons. The van der Waals surface area contributed by atoms with E-state index in [4.69, 9.17) is 14.4 Å². The Morgan fingerprint density at radius 1 is 1.05 bits per heavy atom. The average molecular weight is 319 g/mol. The molecule has 2 rings (SSSR count). The summed E-state index contributed by atoms with van der Waals surface area (Å²) in [4.78, 5) is -0.798. The number of halogens is 2. The molecule has 0 aliphatic carbocycles. The smallest absolute Gasteiger partial charge is 0.399 e. The van der Waals surface area contributed by atoms with E-state index < -0.39 is 44.9 Å². The van der Waals surface area contributed by atoms with Gasteiger partial charge in [0.1, 0.15) is 16.5 Å². The first kappa shape index (κ1) is 16.3. The van der Waals surface area contributed by atoms with Crippen LogP contribution in [-0.2, 0) is 19.3 Å². The van der Waals surface area contributed by atoms with E-state index in [0.717, 1.165) is 6.07 Å². The topological polar surface area (TPSA) is 78.6 Å². The zero-order valence-corrected chi connectivity index (χ0v) is 12.9. The van der Waals surface area contributed by atoms with Crippen molar-refractivity contribution in [2.24, 2.45) is 5.14 Å². The maximum absolute atomic E-state index is 13.9. The van der Waals surface area contributed by atoms with Crippen molar-refractivity contribution in [3.8, 4) is 0 Å². The minimum atomic E-state index is -4.31. The fourth-order valence-electron chi connectivity index (χ4n) is 1.91.